The molecule has 3 heteroatoms. The van der Waals surface area contributed by atoms with Crippen LogP contribution in [0.2, 0.25) is 0 Å². The van der Waals surface area contributed by atoms with Crippen LogP contribution in [0.25, 0.3) is 0 Å². The monoisotopic (exact) mass is 208 g/mol. The van der Waals surface area contributed by atoms with Crippen molar-refractivity contribution in [3.05, 3.63) is 0 Å². The van der Waals surface area contributed by atoms with Gasteiger partial charge >= 0.3 is 0 Å². The standard InChI is InChI=1S/C10H20O2.ClH/c1-3-4-5-6-10(2)7-8-12-9-11;/h9-10H,3-8H2,1-2H3;1H. The Bertz CT molecular complexity index is 107. The summed E-state index contributed by atoms with van der Waals surface area (Å²) in [7, 11) is 0. The van der Waals surface area contributed by atoms with Gasteiger partial charge in [0, 0.05) is 0 Å². The van der Waals surface area contributed by atoms with Crippen LogP contribution in [-0.2, 0) is 9.53 Å². The van der Waals surface area contributed by atoms with Crippen LogP contribution in [0, 0.1) is 5.92 Å². The Labute approximate surface area is 87.5 Å². The summed E-state index contributed by atoms with van der Waals surface area (Å²) in [5.74, 6) is 0.691. The molecule has 0 saturated carbocycles. The number of rotatable bonds is 8. The Morgan fingerprint density at radius 2 is 2.00 bits per heavy atom. The van der Waals surface area contributed by atoms with Crippen molar-refractivity contribution in [3.63, 3.8) is 0 Å². The second-order valence-electron chi connectivity index (χ2n) is 3.36. The molecule has 80 valence electrons. The highest BCUT2D eigenvalue weighted by Gasteiger charge is 2.00. The zero-order valence-electron chi connectivity index (χ0n) is 8.62. The van der Waals surface area contributed by atoms with E-state index >= 15 is 0 Å². The van der Waals surface area contributed by atoms with Gasteiger partial charge in [-0.3, -0.25) is 4.79 Å². The molecule has 13 heavy (non-hydrogen) atoms. The lowest BCUT2D eigenvalue weighted by molar-refractivity contribution is -0.129. The first-order valence-corrected chi connectivity index (χ1v) is 4.86. The number of hydrogen-bond acceptors (Lipinski definition) is 2. The van der Waals surface area contributed by atoms with E-state index in [9.17, 15) is 4.79 Å². The lowest BCUT2D eigenvalue weighted by Crippen LogP contribution is -2.00. The normalized spacial score (nSPS) is 11.5. The van der Waals surface area contributed by atoms with E-state index in [4.69, 9.17) is 0 Å². The van der Waals surface area contributed by atoms with Gasteiger partial charge in [0.2, 0.25) is 0 Å². The highest BCUT2D eigenvalue weighted by molar-refractivity contribution is 5.85. The molecule has 0 aliphatic rings. The van der Waals surface area contributed by atoms with Gasteiger partial charge < -0.3 is 4.74 Å². The molecule has 0 aliphatic carbocycles. The summed E-state index contributed by atoms with van der Waals surface area (Å²) in [6.07, 6.45) is 6.16. The van der Waals surface area contributed by atoms with Crippen LogP contribution < -0.4 is 0 Å². The molecule has 0 N–H and O–H groups in total. The van der Waals surface area contributed by atoms with Gasteiger partial charge in [-0.1, -0.05) is 39.5 Å². The first-order chi connectivity index (χ1) is 5.81. The average Bonchev–Trinajstić information content (AvgIpc) is 2.06. The molecule has 1 atom stereocenters. The van der Waals surface area contributed by atoms with Crippen molar-refractivity contribution < 1.29 is 9.53 Å². The first kappa shape index (κ1) is 15.2. The summed E-state index contributed by atoms with van der Waals surface area (Å²) in [5, 5.41) is 0. The number of carbonyl (C=O) groups is 1. The molecule has 0 aromatic rings. The van der Waals surface area contributed by atoms with E-state index in [0.717, 1.165) is 6.42 Å². The van der Waals surface area contributed by atoms with Crippen LogP contribution in [0.5, 0.6) is 0 Å². The van der Waals surface area contributed by atoms with Gasteiger partial charge in [0.15, 0.2) is 0 Å². The van der Waals surface area contributed by atoms with E-state index in [1.165, 1.54) is 25.7 Å². The van der Waals surface area contributed by atoms with Crippen molar-refractivity contribution >= 4 is 18.9 Å². The second-order valence-corrected chi connectivity index (χ2v) is 3.36. The Balaban J connectivity index is 0. The Hall–Kier alpha value is -0.240. The van der Waals surface area contributed by atoms with Gasteiger partial charge in [-0.15, -0.1) is 12.4 Å². The second kappa shape index (κ2) is 11.8. The zero-order chi connectivity index (χ0) is 9.23. The molecular weight excluding hydrogens is 188 g/mol. The van der Waals surface area contributed by atoms with Crippen molar-refractivity contribution in [2.45, 2.75) is 46.0 Å². The highest BCUT2D eigenvalue weighted by Crippen LogP contribution is 2.12. The summed E-state index contributed by atoms with van der Waals surface area (Å²) in [5.41, 5.74) is 0. The smallest absolute Gasteiger partial charge is 0.293 e. The van der Waals surface area contributed by atoms with Crippen LogP contribution >= 0.6 is 12.4 Å². The van der Waals surface area contributed by atoms with Gasteiger partial charge in [0.1, 0.15) is 0 Å². The molecule has 0 amide bonds. The van der Waals surface area contributed by atoms with Crippen molar-refractivity contribution in [3.8, 4) is 0 Å². The largest absolute Gasteiger partial charge is 0.468 e. The van der Waals surface area contributed by atoms with E-state index in [1.807, 2.05) is 0 Å². The quantitative estimate of drug-likeness (QED) is 0.453. The fraction of sp³-hybridized carbons (Fsp3) is 0.900. The third-order valence-electron chi connectivity index (χ3n) is 2.10. The maximum atomic E-state index is 9.82. The molecule has 0 aliphatic heterocycles. The van der Waals surface area contributed by atoms with Gasteiger partial charge in [0.25, 0.3) is 6.47 Å². The predicted octanol–water partition coefficient (Wildman–Crippen LogP) is 3.19. The van der Waals surface area contributed by atoms with Gasteiger partial charge in [0.05, 0.1) is 6.61 Å². The molecule has 0 bridgehead atoms. The number of halogens is 1. The van der Waals surface area contributed by atoms with Gasteiger partial charge in [-0.05, 0) is 12.3 Å². The molecule has 0 radical (unpaired) electrons. The Kier molecular flexibility index (Phi) is 13.8. The molecule has 0 spiro atoms. The zero-order valence-corrected chi connectivity index (χ0v) is 9.44. The lowest BCUT2D eigenvalue weighted by Gasteiger charge is -2.09. The third-order valence-corrected chi connectivity index (χ3v) is 2.10. The van der Waals surface area contributed by atoms with Gasteiger partial charge in [-0.2, -0.15) is 0 Å². The summed E-state index contributed by atoms with van der Waals surface area (Å²) in [6.45, 7) is 5.53. The molecule has 0 saturated heterocycles. The molecule has 0 rings (SSSR count). The molecule has 0 fully saturated rings. The van der Waals surface area contributed by atoms with E-state index < -0.39 is 0 Å². The fourth-order valence-electron chi connectivity index (χ4n) is 1.20. The molecule has 0 heterocycles. The molecule has 0 aromatic carbocycles. The van der Waals surface area contributed by atoms with Crippen LogP contribution in [-0.4, -0.2) is 13.1 Å². The predicted molar refractivity (Wildman–Crippen MR) is 57.2 cm³/mol. The minimum Gasteiger partial charge on any atom is -0.468 e. The topological polar surface area (TPSA) is 26.3 Å². The third kappa shape index (κ3) is 11.8. The van der Waals surface area contributed by atoms with Crippen molar-refractivity contribution in [2.75, 3.05) is 6.61 Å². The van der Waals surface area contributed by atoms with E-state index in [2.05, 4.69) is 18.6 Å². The first-order valence-electron chi connectivity index (χ1n) is 4.86. The molecule has 2 nitrogen and oxygen atoms in total. The summed E-state index contributed by atoms with van der Waals surface area (Å²) < 4.78 is 4.63. The SMILES string of the molecule is CCCCCC(C)CCOC=O.Cl. The average molecular weight is 209 g/mol. The van der Waals surface area contributed by atoms with Crippen LogP contribution in [0.3, 0.4) is 0 Å². The Morgan fingerprint density at radius 3 is 2.54 bits per heavy atom. The maximum Gasteiger partial charge on any atom is 0.293 e. The highest BCUT2D eigenvalue weighted by atomic mass is 35.5. The maximum absolute atomic E-state index is 9.82. The number of unbranched alkanes of at least 4 members (excludes halogenated alkanes) is 2. The molecular formula is C10H21ClO2. The minimum atomic E-state index is 0. The number of hydrogen-bond donors (Lipinski definition) is 0. The molecule has 0 aromatic heterocycles. The van der Waals surface area contributed by atoms with E-state index in [0.29, 0.717) is 19.0 Å². The summed E-state index contributed by atoms with van der Waals surface area (Å²) in [6, 6.07) is 0. The minimum absolute atomic E-state index is 0. The van der Waals surface area contributed by atoms with E-state index in [1.54, 1.807) is 0 Å². The van der Waals surface area contributed by atoms with Crippen LogP contribution in [0.4, 0.5) is 0 Å². The van der Waals surface area contributed by atoms with Crippen molar-refractivity contribution in [1.82, 2.24) is 0 Å². The van der Waals surface area contributed by atoms with Crippen LogP contribution in [0.15, 0.2) is 0 Å². The number of carbonyl (C=O) groups excluding carboxylic acids is 1. The fourth-order valence-corrected chi connectivity index (χ4v) is 1.20. The summed E-state index contributed by atoms with van der Waals surface area (Å²) in [4.78, 5) is 9.82. The molecule has 1 unspecified atom stereocenters. The van der Waals surface area contributed by atoms with Crippen LogP contribution in [0.1, 0.15) is 46.0 Å². The number of ether oxygens (including phenoxy) is 1. The lowest BCUT2D eigenvalue weighted by atomic mass is 10.0. The van der Waals surface area contributed by atoms with Gasteiger partial charge in [-0.25, -0.2) is 0 Å². The Morgan fingerprint density at radius 1 is 1.31 bits per heavy atom. The van der Waals surface area contributed by atoms with Crippen molar-refractivity contribution in [1.29, 1.82) is 0 Å². The van der Waals surface area contributed by atoms with Crippen molar-refractivity contribution in [2.24, 2.45) is 5.92 Å². The summed E-state index contributed by atoms with van der Waals surface area (Å²) >= 11 is 0. The van der Waals surface area contributed by atoms with E-state index in [-0.39, 0.29) is 12.4 Å².